The molecule has 1 aliphatic heterocycles. The van der Waals surface area contributed by atoms with Crippen molar-refractivity contribution < 1.29 is 0 Å². The Bertz CT molecular complexity index is 305. The molecule has 2 N–H and O–H groups in total. The molecule has 0 spiro atoms. The van der Waals surface area contributed by atoms with Gasteiger partial charge in [0.15, 0.2) is 0 Å². The van der Waals surface area contributed by atoms with Gasteiger partial charge in [0.05, 0.1) is 0 Å². The Morgan fingerprint density at radius 2 is 1.95 bits per heavy atom. The summed E-state index contributed by atoms with van der Waals surface area (Å²) in [5.74, 6) is 2.22. The van der Waals surface area contributed by atoms with Crippen molar-refractivity contribution in [3.8, 4) is 0 Å². The molecule has 2 rings (SSSR count). The highest BCUT2D eigenvalue weighted by molar-refractivity contribution is 8.00. The Labute approximate surface area is 130 Å². The van der Waals surface area contributed by atoms with E-state index in [1.807, 2.05) is 0 Å². The van der Waals surface area contributed by atoms with Crippen LogP contribution >= 0.6 is 11.8 Å². The van der Waals surface area contributed by atoms with Crippen molar-refractivity contribution in [2.24, 2.45) is 11.7 Å². The Morgan fingerprint density at radius 3 is 2.65 bits per heavy atom. The van der Waals surface area contributed by atoms with Gasteiger partial charge in [-0.15, -0.1) is 0 Å². The Hall–Kier alpha value is 0.270. The standard InChI is InChI=1S/C17H34N2S/c1-4-15-6-5-8-17(14-18,9-7-15)19-11-10-16(2,3)20-13-12-19/h15H,4-14,18H2,1-3H3. The molecule has 2 atom stereocenters. The van der Waals surface area contributed by atoms with Crippen LogP contribution in [0.2, 0.25) is 0 Å². The van der Waals surface area contributed by atoms with Crippen LogP contribution in [-0.2, 0) is 0 Å². The van der Waals surface area contributed by atoms with Gasteiger partial charge < -0.3 is 5.73 Å². The van der Waals surface area contributed by atoms with Crippen LogP contribution in [0.3, 0.4) is 0 Å². The van der Waals surface area contributed by atoms with Crippen LogP contribution in [-0.4, -0.2) is 40.6 Å². The summed E-state index contributed by atoms with van der Waals surface area (Å²) in [5, 5.41) is 0. The normalized spacial score (nSPS) is 36.3. The number of nitrogens with zero attached hydrogens (tertiary/aromatic N) is 1. The number of thioether (sulfide) groups is 1. The van der Waals surface area contributed by atoms with Crippen LogP contribution in [0.1, 0.15) is 65.7 Å². The minimum atomic E-state index is 0.310. The van der Waals surface area contributed by atoms with E-state index in [4.69, 9.17) is 5.73 Å². The van der Waals surface area contributed by atoms with E-state index in [-0.39, 0.29) is 0 Å². The molecule has 0 amide bonds. The third-order valence-electron chi connectivity index (χ3n) is 5.74. The van der Waals surface area contributed by atoms with E-state index in [2.05, 4.69) is 37.4 Å². The van der Waals surface area contributed by atoms with Crippen molar-refractivity contribution in [3.05, 3.63) is 0 Å². The van der Waals surface area contributed by atoms with Crippen LogP contribution in [0.25, 0.3) is 0 Å². The molecular weight excluding hydrogens is 264 g/mol. The lowest BCUT2D eigenvalue weighted by molar-refractivity contribution is 0.0823. The first kappa shape index (κ1) is 16.6. The van der Waals surface area contributed by atoms with E-state index in [0.717, 1.165) is 12.5 Å². The van der Waals surface area contributed by atoms with Crippen molar-refractivity contribution in [3.63, 3.8) is 0 Å². The van der Waals surface area contributed by atoms with Crippen LogP contribution in [0.15, 0.2) is 0 Å². The molecule has 0 aromatic heterocycles. The molecule has 0 radical (unpaired) electrons. The summed E-state index contributed by atoms with van der Waals surface area (Å²) in [6.45, 7) is 10.5. The van der Waals surface area contributed by atoms with E-state index in [1.54, 1.807) is 0 Å². The molecule has 20 heavy (non-hydrogen) atoms. The second-order valence-electron chi connectivity index (χ2n) is 7.48. The Balaban J connectivity index is 2.06. The zero-order chi connectivity index (χ0) is 14.6. The SMILES string of the molecule is CCC1CCCC(CN)(N2CCSC(C)(C)CC2)CC1. The molecule has 1 saturated carbocycles. The first-order valence-corrected chi connectivity index (χ1v) is 9.59. The summed E-state index contributed by atoms with van der Waals surface area (Å²) in [6.07, 6.45) is 9.49. The van der Waals surface area contributed by atoms with Crippen molar-refractivity contribution in [1.29, 1.82) is 0 Å². The zero-order valence-electron chi connectivity index (χ0n) is 13.8. The smallest absolute Gasteiger partial charge is 0.0332 e. The van der Waals surface area contributed by atoms with E-state index < -0.39 is 0 Å². The molecule has 1 saturated heterocycles. The number of hydrogen-bond acceptors (Lipinski definition) is 3. The Kier molecular flexibility index (Phi) is 5.84. The molecule has 0 aromatic rings. The van der Waals surface area contributed by atoms with Gasteiger partial charge >= 0.3 is 0 Å². The minimum absolute atomic E-state index is 0.310. The minimum Gasteiger partial charge on any atom is -0.329 e. The molecule has 1 aliphatic carbocycles. The lowest BCUT2D eigenvalue weighted by Gasteiger charge is -2.43. The van der Waals surface area contributed by atoms with E-state index in [0.29, 0.717) is 10.3 Å². The third kappa shape index (κ3) is 3.92. The molecule has 1 heterocycles. The largest absolute Gasteiger partial charge is 0.329 e. The predicted octanol–water partition coefficient (Wildman–Crippen LogP) is 3.89. The fourth-order valence-electron chi connectivity index (χ4n) is 4.01. The number of rotatable bonds is 3. The average Bonchev–Trinajstić information content (AvgIpc) is 2.75. The summed E-state index contributed by atoms with van der Waals surface area (Å²) < 4.78 is 0.446. The summed E-state index contributed by atoms with van der Waals surface area (Å²) in [7, 11) is 0. The van der Waals surface area contributed by atoms with Crippen molar-refractivity contribution >= 4 is 11.8 Å². The van der Waals surface area contributed by atoms with Gasteiger partial charge in [0, 0.05) is 35.7 Å². The highest BCUT2D eigenvalue weighted by Gasteiger charge is 2.38. The zero-order valence-corrected chi connectivity index (χ0v) is 14.6. The molecular formula is C17H34N2S. The Morgan fingerprint density at radius 1 is 1.15 bits per heavy atom. The molecule has 2 fully saturated rings. The van der Waals surface area contributed by atoms with Gasteiger partial charge in [-0.1, -0.05) is 40.0 Å². The maximum Gasteiger partial charge on any atom is 0.0332 e. The maximum atomic E-state index is 6.30. The van der Waals surface area contributed by atoms with Gasteiger partial charge in [-0.25, -0.2) is 0 Å². The van der Waals surface area contributed by atoms with Gasteiger partial charge in [0.25, 0.3) is 0 Å². The van der Waals surface area contributed by atoms with Gasteiger partial charge in [-0.3, -0.25) is 4.90 Å². The summed E-state index contributed by atoms with van der Waals surface area (Å²) in [6, 6.07) is 0. The molecule has 3 heteroatoms. The fraction of sp³-hybridized carbons (Fsp3) is 1.00. The van der Waals surface area contributed by atoms with E-state index in [9.17, 15) is 0 Å². The molecule has 0 bridgehead atoms. The fourth-order valence-corrected chi connectivity index (χ4v) is 5.11. The van der Waals surface area contributed by atoms with E-state index >= 15 is 0 Å². The van der Waals surface area contributed by atoms with Crippen molar-refractivity contribution in [2.45, 2.75) is 76.0 Å². The van der Waals surface area contributed by atoms with Crippen LogP contribution in [0, 0.1) is 5.92 Å². The van der Waals surface area contributed by atoms with Gasteiger partial charge in [0.1, 0.15) is 0 Å². The topological polar surface area (TPSA) is 29.3 Å². The first-order chi connectivity index (χ1) is 9.51. The molecule has 0 aromatic carbocycles. The molecule has 2 nitrogen and oxygen atoms in total. The quantitative estimate of drug-likeness (QED) is 0.802. The first-order valence-electron chi connectivity index (χ1n) is 8.60. The molecule has 2 unspecified atom stereocenters. The second-order valence-corrected chi connectivity index (χ2v) is 9.28. The third-order valence-corrected chi connectivity index (χ3v) is 7.11. The number of nitrogens with two attached hydrogens (primary N) is 1. The average molecular weight is 299 g/mol. The van der Waals surface area contributed by atoms with Gasteiger partial charge in [-0.2, -0.15) is 11.8 Å². The summed E-state index contributed by atoms with van der Waals surface area (Å²) >= 11 is 2.15. The monoisotopic (exact) mass is 298 g/mol. The van der Waals surface area contributed by atoms with Gasteiger partial charge in [0.2, 0.25) is 0 Å². The van der Waals surface area contributed by atoms with Gasteiger partial charge in [-0.05, 0) is 31.6 Å². The second kappa shape index (κ2) is 7.02. The van der Waals surface area contributed by atoms with Crippen LogP contribution < -0.4 is 5.73 Å². The highest BCUT2D eigenvalue weighted by Crippen LogP contribution is 2.39. The highest BCUT2D eigenvalue weighted by atomic mass is 32.2. The number of hydrogen-bond donors (Lipinski definition) is 1. The van der Waals surface area contributed by atoms with Crippen LogP contribution in [0.5, 0.6) is 0 Å². The predicted molar refractivity (Wildman–Crippen MR) is 91.4 cm³/mol. The summed E-state index contributed by atoms with van der Waals surface area (Å²) in [4.78, 5) is 2.77. The van der Waals surface area contributed by atoms with Crippen molar-refractivity contribution in [1.82, 2.24) is 4.90 Å². The van der Waals surface area contributed by atoms with Crippen molar-refractivity contribution in [2.75, 3.05) is 25.4 Å². The lowest BCUT2D eigenvalue weighted by Crippen LogP contribution is -2.54. The molecule has 2 aliphatic rings. The molecule has 118 valence electrons. The van der Waals surface area contributed by atoms with E-state index in [1.165, 1.54) is 63.8 Å². The maximum absolute atomic E-state index is 6.30. The van der Waals surface area contributed by atoms with Crippen LogP contribution in [0.4, 0.5) is 0 Å². The lowest BCUT2D eigenvalue weighted by atomic mass is 9.86. The summed E-state index contributed by atoms with van der Waals surface area (Å²) in [5.41, 5.74) is 6.61.